The molecule has 1 aliphatic rings. The Morgan fingerprint density at radius 1 is 0.857 bits per heavy atom. The van der Waals surface area contributed by atoms with Crippen molar-refractivity contribution in [3.63, 3.8) is 0 Å². The van der Waals surface area contributed by atoms with Gasteiger partial charge in [0.2, 0.25) is 0 Å². The lowest BCUT2D eigenvalue weighted by Gasteiger charge is -2.04. The van der Waals surface area contributed by atoms with E-state index in [2.05, 4.69) is 53.9 Å². The summed E-state index contributed by atoms with van der Waals surface area (Å²) < 4.78 is 0. The average molecular weight is 292 g/mol. The number of nitrogens with two attached hydrogens (primary N) is 1. The Bertz CT molecular complexity index is 755. The van der Waals surface area contributed by atoms with Gasteiger partial charge in [0.15, 0.2) is 0 Å². The first-order valence-electron chi connectivity index (χ1n) is 7.15. The van der Waals surface area contributed by atoms with Crippen molar-refractivity contribution in [1.29, 1.82) is 0 Å². The fourth-order valence-corrected chi connectivity index (χ4v) is 3.45. The summed E-state index contributed by atoms with van der Waals surface area (Å²) in [6.45, 7) is 0. The van der Waals surface area contributed by atoms with E-state index in [-0.39, 0.29) is 5.54 Å². The zero-order valence-electron chi connectivity index (χ0n) is 11.6. The largest absolute Gasteiger partial charge is 0.319 e. The fraction of sp³-hybridized carbons (Fsp3) is 0.167. The van der Waals surface area contributed by atoms with E-state index in [1.54, 1.807) is 11.3 Å². The van der Waals surface area contributed by atoms with Gasteiger partial charge in [-0.1, -0.05) is 54.6 Å². The van der Waals surface area contributed by atoms with Gasteiger partial charge in [-0.2, -0.15) is 0 Å². The lowest BCUT2D eigenvalue weighted by atomic mass is 10.0. The number of benzene rings is 2. The summed E-state index contributed by atoms with van der Waals surface area (Å²) in [7, 11) is 0. The van der Waals surface area contributed by atoms with Crippen molar-refractivity contribution in [2.45, 2.75) is 18.4 Å². The standard InChI is InChI=1S/C18H16N2S/c19-18(10-11-18)17-20-16(12-21-17)15-8-6-14(7-9-15)13-4-2-1-3-5-13/h1-9,12H,10-11,19H2. The molecule has 2 aromatic carbocycles. The highest BCUT2D eigenvalue weighted by molar-refractivity contribution is 7.10. The minimum absolute atomic E-state index is 0.132. The van der Waals surface area contributed by atoms with Gasteiger partial charge in [-0.05, 0) is 24.0 Å². The zero-order valence-corrected chi connectivity index (χ0v) is 12.4. The van der Waals surface area contributed by atoms with Crippen molar-refractivity contribution < 1.29 is 0 Å². The lowest BCUT2D eigenvalue weighted by molar-refractivity contribution is 0.732. The number of rotatable bonds is 3. The van der Waals surface area contributed by atoms with Crippen molar-refractivity contribution >= 4 is 11.3 Å². The molecule has 104 valence electrons. The summed E-state index contributed by atoms with van der Waals surface area (Å²) in [6, 6.07) is 19.0. The molecule has 4 rings (SSSR count). The van der Waals surface area contributed by atoms with Crippen LogP contribution in [-0.4, -0.2) is 4.98 Å². The normalized spacial score (nSPS) is 15.9. The quantitative estimate of drug-likeness (QED) is 0.776. The highest BCUT2D eigenvalue weighted by Gasteiger charge is 2.42. The first-order valence-corrected chi connectivity index (χ1v) is 8.03. The number of hydrogen-bond donors (Lipinski definition) is 1. The SMILES string of the molecule is NC1(c2nc(-c3ccc(-c4ccccc4)cc3)cs2)CC1. The smallest absolute Gasteiger partial charge is 0.113 e. The summed E-state index contributed by atoms with van der Waals surface area (Å²) in [5.74, 6) is 0. The second kappa shape index (κ2) is 4.79. The van der Waals surface area contributed by atoms with Crippen LogP contribution in [0.3, 0.4) is 0 Å². The van der Waals surface area contributed by atoms with Crippen molar-refractivity contribution in [3.05, 3.63) is 65.0 Å². The maximum atomic E-state index is 6.21. The molecule has 1 heterocycles. The maximum Gasteiger partial charge on any atom is 0.113 e. The Hall–Kier alpha value is -1.97. The Kier molecular flexibility index (Phi) is 2.91. The van der Waals surface area contributed by atoms with Crippen LogP contribution < -0.4 is 5.73 Å². The van der Waals surface area contributed by atoms with Crippen LogP contribution in [0, 0.1) is 0 Å². The van der Waals surface area contributed by atoms with Gasteiger partial charge in [0.1, 0.15) is 5.01 Å². The molecular weight excluding hydrogens is 276 g/mol. The van der Waals surface area contributed by atoms with E-state index >= 15 is 0 Å². The molecular formula is C18H16N2S. The molecule has 21 heavy (non-hydrogen) atoms. The predicted octanol–water partition coefficient (Wildman–Crippen LogP) is 4.42. The average Bonchev–Trinajstić information content (AvgIpc) is 3.10. The van der Waals surface area contributed by atoms with Crippen molar-refractivity contribution in [1.82, 2.24) is 4.98 Å². The molecule has 1 saturated carbocycles. The van der Waals surface area contributed by atoms with Gasteiger partial charge in [-0.25, -0.2) is 4.98 Å². The fourth-order valence-electron chi connectivity index (χ4n) is 2.45. The number of thiazole rings is 1. The van der Waals surface area contributed by atoms with E-state index in [0.717, 1.165) is 29.1 Å². The van der Waals surface area contributed by atoms with Crippen LogP contribution in [0.15, 0.2) is 60.0 Å². The van der Waals surface area contributed by atoms with Crippen LogP contribution >= 0.6 is 11.3 Å². The second-order valence-corrected chi connectivity index (χ2v) is 6.50. The highest BCUT2D eigenvalue weighted by atomic mass is 32.1. The van der Waals surface area contributed by atoms with Crippen LogP contribution in [0.25, 0.3) is 22.4 Å². The van der Waals surface area contributed by atoms with E-state index in [0.29, 0.717) is 0 Å². The minimum atomic E-state index is -0.132. The van der Waals surface area contributed by atoms with Crippen molar-refractivity contribution in [2.24, 2.45) is 5.73 Å². The molecule has 1 aromatic heterocycles. The molecule has 2 N–H and O–H groups in total. The number of nitrogens with zero attached hydrogens (tertiary/aromatic N) is 1. The van der Waals surface area contributed by atoms with Gasteiger partial charge >= 0.3 is 0 Å². The molecule has 0 bridgehead atoms. The van der Waals surface area contributed by atoms with E-state index in [1.165, 1.54) is 11.1 Å². The van der Waals surface area contributed by atoms with Crippen molar-refractivity contribution in [3.8, 4) is 22.4 Å². The maximum absolute atomic E-state index is 6.21. The van der Waals surface area contributed by atoms with E-state index in [9.17, 15) is 0 Å². The van der Waals surface area contributed by atoms with E-state index in [4.69, 9.17) is 10.7 Å². The van der Waals surface area contributed by atoms with E-state index in [1.807, 2.05) is 6.07 Å². The van der Waals surface area contributed by atoms with Gasteiger partial charge in [0, 0.05) is 10.9 Å². The summed E-state index contributed by atoms with van der Waals surface area (Å²) in [4.78, 5) is 4.71. The molecule has 0 amide bonds. The minimum Gasteiger partial charge on any atom is -0.319 e. The van der Waals surface area contributed by atoms with Crippen LogP contribution in [0.2, 0.25) is 0 Å². The van der Waals surface area contributed by atoms with Gasteiger partial charge < -0.3 is 5.73 Å². The molecule has 3 aromatic rings. The molecule has 0 unspecified atom stereocenters. The Morgan fingerprint density at radius 3 is 2.14 bits per heavy atom. The Morgan fingerprint density at radius 2 is 1.48 bits per heavy atom. The summed E-state index contributed by atoms with van der Waals surface area (Å²) in [5, 5.41) is 3.18. The molecule has 0 aliphatic heterocycles. The third-order valence-corrected chi connectivity index (χ3v) is 5.07. The zero-order chi connectivity index (χ0) is 14.3. The topological polar surface area (TPSA) is 38.9 Å². The summed E-state index contributed by atoms with van der Waals surface area (Å²) in [5.41, 5.74) is 10.7. The number of hydrogen-bond acceptors (Lipinski definition) is 3. The van der Waals surface area contributed by atoms with Crippen LogP contribution in [0.4, 0.5) is 0 Å². The first-order chi connectivity index (χ1) is 10.2. The summed E-state index contributed by atoms with van der Waals surface area (Å²) >= 11 is 1.68. The summed E-state index contributed by atoms with van der Waals surface area (Å²) in [6.07, 6.45) is 2.12. The highest BCUT2D eigenvalue weighted by Crippen LogP contribution is 2.44. The van der Waals surface area contributed by atoms with E-state index < -0.39 is 0 Å². The van der Waals surface area contributed by atoms with Gasteiger partial charge in [0.05, 0.1) is 11.2 Å². The predicted molar refractivity (Wildman–Crippen MR) is 88.1 cm³/mol. The first kappa shape index (κ1) is 12.7. The molecule has 1 fully saturated rings. The molecule has 0 saturated heterocycles. The monoisotopic (exact) mass is 292 g/mol. The molecule has 0 spiro atoms. The third-order valence-electron chi connectivity index (χ3n) is 4.01. The third kappa shape index (κ3) is 2.39. The molecule has 0 atom stereocenters. The lowest BCUT2D eigenvalue weighted by Crippen LogP contribution is -2.18. The molecule has 1 aliphatic carbocycles. The Balaban J connectivity index is 1.63. The molecule has 0 radical (unpaired) electrons. The van der Waals surface area contributed by atoms with Crippen LogP contribution in [0.5, 0.6) is 0 Å². The van der Waals surface area contributed by atoms with Crippen LogP contribution in [0.1, 0.15) is 17.8 Å². The van der Waals surface area contributed by atoms with Gasteiger partial charge in [-0.3, -0.25) is 0 Å². The van der Waals surface area contributed by atoms with Gasteiger partial charge in [0.25, 0.3) is 0 Å². The Labute approximate surface area is 128 Å². The molecule has 3 heteroatoms. The van der Waals surface area contributed by atoms with Crippen LogP contribution in [-0.2, 0) is 5.54 Å². The molecule has 2 nitrogen and oxygen atoms in total. The number of aromatic nitrogens is 1. The van der Waals surface area contributed by atoms with Gasteiger partial charge in [-0.15, -0.1) is 11.3 Å². The second-order valence-electron chi connectivity index (χ2n) is 5.64. The van der Waals surface area contributed by atoms with Crippen molar-refractivity contribution in [2.75, 3.05) is 0 Å².